The third-order valence-electron chi connectivity index (χ3n) is 2.41. The van der Waals surface area contributed by atoms with E-state index in [0.29, 0.717) is 6.67 Å². The molecule has 3 N–H and O–H groups in total. The number of methoxy groups -OCH3 is 1. The summed E-state index contributed by atoms with van der Waals surface area (Å²) in [4.78, 5) is 2.04. The van der Waals surface area contributed by atoms with E-state index in [1.54, 1.807) is 7.11 Å². The number of benzene rings is 1. The first-order valence-electron chi connectivity index (χ1n) is 5.04. The van der Waals surface area contributed by atoms with Crippen molar-refractivity contribution in [3.63, 3.8) is 0 Å². The largest absolute Gasteiger partial charge is 0.496 e. The number of aryl methyl sites for hydroxylation is 1. The van der Waals surface area contributed by atoms with Crippen molar-refractivity contribution in [1.29, 1.82) is 0 Å². The summed E-state index contributed by atoms with van der Waals surface area (Å²) in [6.07, 6.45) is 0.959. The summed E-state index contributed by atoms with van der Waals surface area (Å²) in [5, 5.41) is 0. The minimum Gasteiger partial charge on any atom is -0.496 e. The molecule has 0 aliphatic carbocycles. The highest BCUT2D eigenvalue weighted by molar-refractivity contribution is 5.52. The van der Waals surface area contributed by atoms with Crippen LogP contribution >= 0.6 is 0 Å². The Hall–Kier alpha value is -1.26. The maximum Gasteiger partial charge on any atom is 0.122 e. The number of nitrogens with one attached hydrogen (secondary N) is 1. The van der Waals surface area contributed by atoms with Crippen LogP contribution in [0.3, 0.4) is 0 Å². The van der Waals surface area contributed by atoms with Crippen molar-refractivity contribution < 1.29 is 4.74 Å². The lowest BCUT2D eigenvalue weighted by Crippen LogP contribution is -2.35. The first-order chi connectivity index (χ1) is 7.22. The molecule has 0 saturated carbocycles. The van der Waals surface area contributed by atoms with E-state index in [1.165, 1.54) is 5.56 Å². The molecule has 0 radical (unpaired) electrons. The molecular formula is C11H19N3O. The molecule has 0 amide bonds. The van der Waals surface area contributed by atoms with E-state index in [9.17, 15) is 0 Å². The Balaban J connectivity index is 2.92. The topological polar surface area (TPSA) is 50.5 Å². The first kappa shape index (κ1) is 11.8. The summed E-state index contributed by atoms with van der Waals surface area (Å²) < 4.78 is 5.27. The Morgan fingerprint density at radius 3 is 2.73 bits per heavy atom. The molecule has 0 heterocycles. The summed E-state index contributed by atoms with van der Waals surface area (Å²) in [5.41, 5.74) is 4.96. The van der Waals surface area contributed by atoms with Crippen molar-refractivity contribution in [3.05, 3.63) is 23.8 Å². The van der Waals surface area contributed by atoms with Crippen molar-refractivity contribution in [2.45, 2.75) is 13.3 Å². The van der Waals surface area contributed by atoms with Crippen molar-refractivity contribution in [2.75, 3.05) is 25.7 Å². The van der Waals surface area contributed by atoms with E-state index in [-0.39, 0.29) is 0 Å². The van der Waals surface area contributed by atoms with Crippen molar-refractivity contribution >= 4 is 5.69 Å². The van der Waals surface area contributed by atoms with Crippen molar-refractivity contribution in [1.82, 2.24) is 5.43 Å². The number of nitrogens with two attached hydrogens (primary N) is 1. The number of nitrogens with zero attached hydrogens (tertiary/aromatic N) is 1. The lowest BCUT2D eigenvalue weighted by atomic mass is 10.1. The third-order valence-corrected chi connectivity index (χ3v) is 2.41. The minimum absolute atomic E-state index is 0.621. The Bertz CT molecular complexity index is 315. The predicted molar refractivity (Wildman–Crippen MR) is 63.0 cm³/mol. The van der Waals surface area contributed by atoms with Crippen LogP contribution in [0.5, 0.6) is 5.75 Å². The van der Waals surface area contributed by atoms with Gasteiger partial charge in [0.25, 0.3) is 0 Å². The van der Waals surface area contributed by atoms with Gasteiger partial charge in [-0.05, 0) is 30.2 Å². The summed E-state index contributed by atoms with van der Waals surface area (Å²) >= 11 is 0. The average Bonchev–Trinajstić information content (AvgIpc) is 2.28. The van der Waals surface area contributed by atoms with Crippen molar-refractivity contribution in [3.8, 4) is 5.75 Å². The molecule has 0 spiro atoms. The predicted octanol–water partition coefficient (Wildman–Crippen LogP) is 1.11. The Morgan fingerprint density at radius 2 is 2.20 bits per heavy atom. The molecule has 1 aromatic carbocycles. The molecule has 4 nitrogen and oxygen atoms in total. The molecule has 4 heteroatoms. The normalized spacial score (nSPS) is 10.1. The van der Waals surface area contributed by atoms with Gasteiger partial charge < -0.3 is 9.64 Å². The van der Waals surface area contributed by atoms with Gasteiger partial charge in [0.15, 0.2) is 0 Å². The van der Waals surface area contributed by atoms with Crippen LogP contribution in [-0.4, -0.2) is 20.8 Å². The quantitative estimate of drug-likeness (QED) is 0.433. The van der Waals surface area contributed by atoms with Crippen LogP contribution in [0.25, 0.3) is 0 Å². The fourth-order valence-corrected chi connectivity index (χ4v) is 1.51. The van der Waals surface area contributed by atoms with Crippen LogP contribution < -0.4 is 20.9 Å². The maximum atomic E-state index is 5.28. The van der Waals surface area contributed by atoms with Gasteiger partial charge in [0.1, 0.15) is 5.75 Å². The molecule has 1 rings (SSSR count). The fourth-order valence-electron chi connectivity index (χ4n) is 1.51. The molecular weight excluding hydrogens is 190 g/mol. The van der Waals surface area contributed by atoms with Gasteiger partial charge in [-0.25, -0.2) is 5.43 Å². The van der Waals surface area contributed by atoms with Gasteiger partial charge in [-0.2, -0.15) is 0 Å². The molecule has 0 fully saturated rings. The Kier molecular flexibility index (Phi) is 4.39. The summed E-state index contributed by atoms with van der Waals surface area (Å²) in [5.74, 6) is 6.22. The molecule has 0 aliphatic rings. The van der Waals surface area contributed by atoms with Crippen LogP contribution in [0.2, 0.25) is 0 Å². The van der Waals surface area contributed by atoms with Gasteiger partial charge in [0.05, 0.1) is 13.8 Å². The van der Waals surface area contributed by atoms with Gasteiger partial charge in [0, 0.05) is 12.7 Å². The van der Waals surface area contributed by atoms with E-state index < -0.39 is 0 Å². The molecule has 0 atom stereocenters. The highest BCUT2D eigenvalue weighted by atomic mass is 16.5. The minimum atomic E-state index is 0.621. The van der Waals surface area contributed by atoms with E-state index in [2.05, 4.69) is 18.4 Å². The lowest BCUT2D eigenvalue weighted by Gasteiger charge is -2.20. The molecule has 0 aliphatic heterocycles. The lowest BCUT2D eigenvalue weighted by molar-refractivity contribution is 0.410. The van der Waals surface area contributed by atoms with Gasteiger partial charge >= 0.3 is 0 Å². The molecule has 15 heavy (non-hydrogen) atoms. The number of hydrogen-bond acceptors (Lipinski definition) is 4. The van der Waals surface area contributed by atoms with Crippen LogP contribution in [0.1, 0.15) is 12.5 Å². The number of ether oxygens (including phenoxy) is 1. The Labute approximate surface area is 91.0 Å². The zero-order valence-electron chi connectivity index (χ0n) is 9.58. The average molecular weight is 209 g/mol. The molecule has 0 saturated heterocycles. The monoisotopic (exact) mass is 209 g/mol. The summed E-state index contributed by atoms with van der Waals surface area (Å²) in [6, 6.07) is 6.13. The second-order valence-electron chi connectivity index (χ2n) is 3.41. The van der Waals surface area contributed by atoms with Gasteiger partial charge in [-0.3, -0.25) is 5.84 Å². The van der Waals surface area contributed by atoms with Crippen LogP contribution in [0.15, 0.2) is 18.2 Å². The summed E-state index contributed by atoms with van der Waals surface area (Å²) in [7, 11) is 3.68. The summed E-state index contributed by atoms with van der Waals surface area (Å²) in [6.45, 7) is 2.73. The number of hydrogen-bond donors (Lipinski definition) is 2. The number of rotatable bonds is 5. The van der Waals surface area contributed by atoms with E-state index >= 15 is 0 Å². The molecule has 0 unspecified atom stereocenters. The van der Waals surface area contributed by atoms with Crippen LogP contribution in [0, 0.1) is 0 Å². The first-order valence-corrected chi connectivity index (χ1v) is 5.04. The van der Waals surface area contributed by atoms with E-state index in [1.807, 2.05) is 24.1 Å². The number of anilines is 1. The molecule has 0 aromatic heterocycles. The second kappa shape index (κ2) is 5.58. The fraction of sp³-hybridized carbons (Fsp3) is 0.455. The van der Waals surface area contributed by atoms with Gasteiger partial charge in [-0.15, -0.1) is 0 Å². The molecule has 1 aromatic rings. The van der Waals surface area contributed by atoms with Crippen LogP contribution in [-0.2, 0) is 6.42 Å². The molecule has 0 bridgehead atoms. The smallest absolute Gasteiger partial charge is 0.122 e. The highest BCUT2D eigenvalue weighted by Gasteiger charge is 2.05. The maximum absolute atomic E-state index is 5.28. The van der Waals surface area contributed by atoms with Crippen LogP contribution in [0.4, 0.5) is 5.69 Å². The Morgan fingerprint density at radius 1 is 1.47 bits per heavy atom. The number of hydrazine groups is 1. The zero-order valence-corrected chi connectivity index (χ0v) is 9.58. The SMILES string of the molecule is CCc1cc(N(C)CNN)ccc1OC. The van der Waals surface area contributed by atoms with Crippen molar-refractivity contribution in [2.24, 2.45) is 5.84 Å². The second-order valence-corrected chi connectivity index (χ2v) is 3.41. The van der Waals surface area contributed by atoms with E-state index in [4.69, 9.17) is 10.6 Å². The van der Waals surface area contributed by atoms with E-state index in [0.717, 1.165) is 17.9 Å². The van der Waals surface area contributed by atoms with Gasteiger partial charge in [-0.1, -0.05) is 6.92 Å². The van der Waals surface area contributed by atoms with Gasteiger partial charge in [0.2, 0.25) is 0 Å². The molecule has 84 valence electrons. The third kappa shape index (κ3) is 2.84. The standard InChI is InChI=1S/C11H19N3O/c1-4-9-7-10(14(2)8-13-12)5-6-11(9)15-3/h5-7,13H,4,8,12H2,1-3H3. The highest BCUT2D eigenvalue weighted by Crippen LogP contribution is 2.24. The zero-order chi connectivity index (χ0) is 11.3.